The van der Waals surface area contributed by atoms with E-state index < -0.39 is 0 Å². The van der Waals surface area contributed by atoms with Crippen molar-refractivity contribution < 1.29 is 4.79 Å². The van der Waals surface area contributed by atoms with E-state index in [1.54, 1.807) is 6.20 Å². The maximum absolute atomic E-state index is 10.8. The van der Waals surface area contributed by atoms with Gasteiger partial charge in [0.05, 0.1) is 6.04 Å². The molecule has 1 aliphatic heterocycles. The summed E-state index contributed by atoms with van der Waals surface area (Å²) in [7, 11) is 0. The fraction of sp³-hybridized carbons (Fsp3) is 0.455. The normalized spacial score (nSPS) is 22.0. The van der Waals surface area contributed by atoms with Gasteiger partial charge in [0.15, 0.2) is 0 Å². The molecular weight excluding hydrogens is 176 g/mol. The number of hydrogen-bond donors (Lipinski definition) is 0. The Kier molecular flexibility index (Phi) is 2.77. The third-order valence-corrected chi connectivity index (χ3v) is 2.75. The average molecular weight is 190 g/mol. The lowest BCUT2D eigenvalue weighted by atomic mass is 9.97. The first-order valence-electron chi connectivity index (χ1n) is 5.03. The molecule has 1 atom stereocenters. The molecule has 0 aliphatic carbocycles. The molecule has 1 fully saturated rings. The third kappa shape index (κ3) is 1.76. The summed E-state index contributed by atoms with van der Waals surface area (Å²) in [6.07, 6.45) is 7.95. The number of rotatable bonds is 2. The molecule has 0 spiro atoms. The molecular formula is C11H14N2O. The van der Waals surface area contributed by atoms with Crippen LogP contribution >= 0.6 is 0 Å². The number of piperidine rings is 1. The van der Waals surface area contributed by atoms with Gasteiger partial charge in [0, 0.05) is 18.9 Å². The first kappa shape index (κ1) is 9.19. The Morgan fingerprint density at radius 1 is 1.50 bits per heavy atom. The predicted octanol–water partition coefficient (Wildman–Crippen LogP) is 1.76. The Morgan fingerprint density at radius 2 is 2.43 bits per heavy atom. The van der Waals surface area contributed by atoms with E-state index in [4.69, 9.17) is 0 Å². The molecule has 0 saturated carbocycles. The summed E-state index contributed by atoms with van der Waals surface area (Å²) in [5.74, 6) is 0. The van der Waals surface area contributed by atoms with Crippen LogP contribution in [0.3, 0.4) is 0 Å². The number of hydrogen-bond acceptors (Lipinski definition) is 2. The standard InChI is InChI=1S/C11H14N2O/c14-9-13-7-2-1-5-11(13)10-4-3-6-12-8-10/h3-4,6,8-9,11H,1-2,5,7H2/t11-/m1/s1. The summed E-state index contributed by atoms with van der Waals surface area (Å²) in [6.45, 7) is 0.878. The van der Waals surface area contributed by atoms with E-state index in [9.17, 15) is 4.79 Å². The zero-order valence-corrected chi connectivity index (χ0v) is 8.10. The zero-order chi connectivity index (χ0) is 9.80. The fourth-order valence-corrected chi connectivity index (χ4v) is 2.01. The summed E-state index contributed by atoms with van der Waals surface area (Å²) in [5.41, 5.74) is 1.15. The molecule has 0 N–H and O–H groups in total. The zero-order valence-electron chi connectivity index (χ0n) is 8.10. The first-order valence-corrected chi connectivity index (χ1v) is 5.03. The molecule has 3 nitrogen and oxygen atoms in total. The van der Waals surface area contributed by atoms with Crippen molar-refractivity contribution in [3.63, 3.8) is 0 Å². The third-order valence-electron chi connectivity index (χ3n) is 2.75. The molecule has 14 heavy (non-hydrogen) atoms. The summed E-state index contributed by atoms with van der Waals surface area (Å²) in [6, 6.07) is 4.21. The fourth-order valence-electron chi connectivity index (χ4n) is 2.01. The van der Waals surface area contributed by atoms with E-state index in [0.717, 1.165) is 31.4 Å². The average Bonchev–Trinajstić information content (AvgIpc) is 2.30. The Labute approximate surface area is 83.8 Å². The molecule has 0 radical (unpaired) electrons. The highest BCUT2D eigenvalue weighted by Crippen LogP contribution is 2.28. The van der Waals surface area contributed by atoms with Gasteiger partial charge in [-0.25, -0.2) is 0 Å². The highest BCUT2D eigenvalue weighted by Gasteiger charge is 2.22. The monoisotopic (exact) mass is 190 g/mol. The van der Waals surface area contributed by atoms with Gasteiger partial charge in [0.1, 0.15) is 0 Å². The van der Waals surface area contributed by atoms with E-state index in [1.165, 1.54) is 6.42 Å². The van der Waals surface area contributed by atoms with Gasteiger partial charge in [-0.1, -0.05) is 6.07 Å². The molecule has 2 heterocycles. The summed E-state index contributed by atoms with van der Waals surface area (Å²) >= 11 is 0. The van der Waals surface area contributed by atoms with Gasteiger partial charge in [-0.15, -0.1) is 0 Å². The summed E-state index contributed by atoms with van der Waals surface area (Å²) in [4.78, 5) is 16.8. The summed E-state index contributed by atoms with van der Waals surface area (Å²) < 4.78 is 0. The van der Waals surface area contributed by atoms with Crippen LogP contribution in [0.2, 0.25) is 0 Å². The number of likely N-dealkylation sites (tertiary alicyclic amines) is 1. The van der Waals surface area contributed by atoms with Gasteiger partial charge in [-0.2, -0.15) is 0 Å². The van der Waals surface area contributed by atoms with Gasteiger partial charge in [-0.05, 0) is 30.9 Å². The molecule has 1 saturated heterocycles. The Bertz CT molecular complexity index is 299. The topological polar surface area (TPSA) is 33.2 Å². The van der Waals surface area contributed by atoms with Gasteiger partial charge >= 0.3 is 0 Å². The van der Waals surface area contributed by atoms with Crippen LogP contribution in [0.15, 0.2) is 24.5 Å². The van der Waals surface area contributed by atoms with Crippen molar-refractivity contribution in [1.29, 1.82) is 0 Å². The van der Waals surface area contributed by atoms with E-state index in [-0.39, 0.29) is 6.04 Å². The van der Waals surface area contributed by atoms with Crippen LogP contribution in [-0.4, -0.2) is 22.8 Å². The lowest BCUT2D eigenvalue weighted by Crippen LogP contribution is -2.32. The van der Waals surface area contributed by atoms with Gasteiger partial charge in [0.2, 0.25) is 6.41 Å². The largest absolute Gasteiger partial charge is 0.338 e. The van der Waals surface area contributed by atoms with Crippen molar-refractivity contribution in [2.75, 3.05) is 6.54 Å². The molecule has 0 unspecified atom stereocenters. The number of nitrogens with zero attached hydrogens (tertiary/aromatic N) is 2. The lowest BCUT2D eigenvalue weighted by Gasteiger charge is -2.32. The van der Waals surface area contributed by atoms with Crippen molar-refractivity contribution in [3.05, 3.63) is 30.1 Å². The number of amides is 1. The summed E-state index contributed by atoms with van der Waals surface area (Å²) in [5, 5.41) is 0. The quantitative estimate of drug-likeness (QED) is 0.666. The van der Waals surface area contributed by atoms with Gasteiger partial charge in [0.25, 0.3) is 0 Å². The SMILES string of the molecule is O=CN1CCCC[C@@H]1c1cccnc1. The van der Waals surface area contributed by atoms with Gasteiger partial charge < -0.3 is 4.90 Å². The van der Waals surface area contributed by atoms with Crippen LogP contribution in [0.4, 0.5) is 0 Å². The van der Waals surface area contributed by atoms with Crippen molar-refractivity contribution in [2.24, 2.45) is 0 Å². The second-order valence-corrected chi connectivity index (χ2v) is 3.64. The minimum absolute atomic E-state index is 0.245. The first-order chi connectivity index (χ1) is 6.92. The highest BCUT2D eigenvalue weighted by molar-refractivity contribution is 5.49. The van der Waals surface area contributed by atoms with E-state index in [1.807, 2.05) is 23.2 Å². The second-order valence-electron chi connectivity index (χ2n) is 3.64. The molecule has 1 amide bonds. The maximum atomic E-state index is 10.8. The molecule has 1 aromatic rings. The number of carbonyl (C=O) groups is 1. The van der Waals surface area contributed by atoms with E-state index in [2.05, 4.69) is 4.98 Å². The highest BCUT2D eigenvalue weighted by atomic mass is 16.1. The maximum Gasteiger partial charge on any atom is 0.210 e. The van der Waals surface area contributed by atoms with Crippen LogP contribution in [-0.2, 0) is 4.79 Å². The molecule has 2 rings (SSSR count). The van der Waals surface area contributed by atoms with Crippen molar-refractivity contribution in [2.45, 2.75) is 25.3 Å². The Morgan fingerprint density at radius 3 is 3.14 bits per heavy atom. The van der Waals surface area contributed by atoms with E-state index in [0.29, 0.717) is 0 Å². The van der Waals surface area contributed by atoms with Crippen LogP contribution < -0.4 is 0 Å². The predicted molar refractivity (Wildman–Crippen MR) is 53.6 cm³/mol. The number of aromatic nitrogens is 1. The minimum atomic E-state index is 0.245. The molecule has 1 aliphatic rings. The molecule has 3 heteroatoms. The second kappa shape index (κ2) is 4.22. The van der Waals surface area contributed by atoms with Crippen molar-refractivity contribution in [1.82, 2.24) is 9.88 Å². The Hall–Kier alpha value is -1.38. The van der Waals surface area contributed by atoms with Crippen LogP contribution in [0.5, 0.6) is 0 Å². The van der Waals surface area contributed by atoms with Crippen LogP contribution in [0.1, 0.15) is 30.9 Å². The van der Waals surface area contributed by atoms with Crippen molar-refractivity contribution >= 4 is 6.41 Å². The molecule has 0 bridgehead atoms. The lowest BCUT2D eigenvalue weighted by molar-refractivity contribution is -0.121. The number of pyridine rings is 1. The van der Waals surface area contributed by atoms with Crippen LogP contribution in [0.25, 0.3) is 0 Å². The van der Waals surface area contributed by atoms with E-state index >= 15 is 0 Å². The van der Waals surface area contributed by atoms with Gasteiger partial charge in [-0.3, -0.25) is 9.78 Å². The molecule has 1 aromatic heterocycles. The minimum Gasteiger partial charge on any atom is -0.338 e. The van der Waals surface area contributed by atoms with Crippen molar-refractivity contribution in [3.8, 4) is 0 Å². The van der Waals surface area contributed by atoms with Crippen LogP contribution in [0, 0.1) is 0 Å². The molecule has 0 aromatic carbocycles. The Balaban J connectivity index is 2.19. The number of carbonyl (C=O) groups excluding carboxylic acids is 1. The molecule has 74 valence electrons. The smallest absolute Gasteiger partial charge is 0.210 e.